The summed E-state index contributed by atoms with van der Waals surface area (Å²) in [5.74, 6) is 5.36. The normalized spacial score (nSPS) is 12.4. The number of benzene rings is 1. The number of hydroxylamine groups is 1. The van der Waals surface area contributed by atoms with E-state index in [-0.39, 0.29) is 25.4 Å². The second-order valence-corrected chi connectivity index (χ2v) is 6.65. The van der Waals surface area contributed by atoms with Crippen LogP contribution < -0.4 is 10.8 Å². The van der Waals surface area contributed by atoms with Crippen molar-refractivity contribution in [3.63, 3.8) is 0 Å². The highest BCUT2D eigenvalue weighted by atomic mass is 16.5. The van der Waals surface area contributed by atoms with E-state index in [4.69, 9.17) is 24.2 Å². The van der Waals surface area contributed by atoms with Crippen molar-refractivity contribution in [2.45, 2.75) is 25.7 Å². The molecule has 1 aromatic heterocycles. The second kappa shape index (κ2) is 13.3. The van der Waals surface area contributed by atoms with Gasteiger partial charge in [-0.1, -0.05) is 5.92 Å². The molecule has 0 spiro atoms. The van der Waals surface area contributed by atoms with Crippen molar-refractivity contribution in [3.05, 3.63) is 59.0 Å². The zero-order valence-electron chi connectivity index (χ0n) is 17.5. The summed E-state index contributed by atoms with van der Waals surface area (Å²) in [7, 11) is 0. The van der Waals surface area contributed by atoms with E-state index < -0.39 is 24.0 Å². The smallest absolute Gasteiger partial charge is 0.268 e. The summed E-state index contributed by atoms with van der Waals surface area (Å²) < 4.78 is 16.1. The fraction of sp³-hybridized carbons (Fsp3) is 0.364. The molecule has 32 heavy (non-hydrogen) atoms. The minimum atomic E-state index is -1.29. The van der Waals surface area contributed by atoms with Crippen molar-refractivity contribution in [3.8, 4) is 11.8 Å². The summed E-state index contributed by atoms with van der Waals surface area (Å²) in [6, 6.07) is 8.49. The minimum Gasteiger partial charge on any atom is -0.450 e. The Morgan fingerprint density at radius 2 is 1.78 bits per heavy atom. The van der Waals surface area contributed by atoms with Gasteiger partial charge in [-0.3, -0.25) is 14.8 Å². The average molecular weight is 446 g/mol. The number of nitrogens with one attached hydrogen (secondary N) is 2. The van der Waals surface area contributed by atoms with Gasteiger partial charge in [-0.2, -0.15) is 0 Å². The first-order valence-corrected chi connectivity index (χ1v) is 9.84. The lowest BCUT2D eigenvalue weighted by Crippen LogP contribution is -2.51. The molecule has 0 saturated heterocycles. The van der Waals surface area contributed by atoms with Crippen LogP contribution in [-0.4, -0.2) is 65.8 Å². The number of carbonyl (C=O) groups excluding carboxylic acids is 2. The summed E-state index contributed by atoms with van der Waals surface area (Å²) in [4.78, 5) is 23.8. The van der Waals surface area contributed by atoms with Crippen LogP contribution in [0.2, 0.25) is 0 Å². The van der Waals surface area contributed by atoms with Crippen molar-refractivity contribution < 1.29 is 38.9 Å². The third kappa shape index (κ3) is 8.14. The number of hydrogen-bond acceptors (Lipinski definition) is 8. The maximum atomic E-state index is 12.3. The summed E-state index contributed by atoms with van der Waals surface area (Å²) in [5, 5.41) is 29.3. The lowest BCUT2D eigenvalue weighted by molar-refractivity contribution is -0.133. The summed E-state index contributed by atoms with van der Waals surface area (Å²) in [6.45, 7) is 2.61. The van der Waals surface area contributed by atoms with Crippen LogP contribution in [0.15, 0.2) is 40.8 Å². The number of carbonyl (C=O) groups is 2. The third-order valence-corrected chi connectivity index (χ3v) is 4.15. The van der Waals surface area contributed by atoms with E-state index in [1.54, 1.807) is 24.3 Å². The topological polar surface area (TPSA) is 150 Å². The van der Waals surface area contributed by atoms with E-state index in [0.29, 0.717) is 30.3 Å². The summed E-state index contributed by atoms with van der Waals surface area (Å²) >= 11 is 0. The van der Waals surface area contributed by atoms with Crippen LogP contribution in [0.1, 0.15) is 34.4 Å². The standard InChI is InChI=1S/C22H26N2O8/c1-15(26)20(22(28)24-29)23-21(27)17-5-2-16(3-6-17)4-7-18-8-9-19(32-18)14-31-13-12-30-11-10-25/h2-3,5-6,8-9,15,20,25-26,29H,10-14H2,1H3,(H,23,27)(H,24,28)/t15-,20+/m1/s1. The van der Waals surface area contributed by atoms with Gasteiger partial charge < -0.3 is 29.4 Å². The van der Waals surface area contributed by atoms with E-state index in [9.17, 15) is 14.7 Å². The van der Waals surface area contributed by atoms with Gasteiger partial charge in [0, 0.05) is 11.1 Å². The van der Waals surface area contributed by atoms with Crippen LogP contribution in [0.5, 0.6) is 0 Å². The number of rotatable bonds is 11. The Kier molecular flexibility index (Phi) is 10.4. The maximum Gasteiger partial charge on any atom is 0.268 e. The van der Waals surface area contributed by atoms with Gasteiger partial charge >= 0.3 is 0 Å². The molecule has 0 aliphatic carbocycles. The Hall–Kier alpha value is -3.20. The first kappa shape index (κ1) is 25.1. The molecule has 0 unspecified atom stereocenters. The van der Waals surface area contributed by atoms with Crippen molar-refractivity contribution in [1.82, 2.24) is 10.8 Å². The fourth-order valence-electron chi connectivity index (χ4n) is 2.52. The van der Waals surface area contributed by atoms with Crippen molar-refractivity contribution in [2.24, 2.45) is 0 Å². The molecule has 2 rings (SSSR count). The third-order valence-electron chi connectivity index (χ3n) is 4.15. The highest BCUT2D eigenvalue weighted by Gasteiger charge is 2.25. The first-order valence-electron chi connectivity index (χ1n) is 9.84. The highest BCUT2D eigenvalue weighted by molar-refractivity contribution is 5.97. The number of aliphatic hydroxyl groups excluding tert-OH is 2. The quantitative estimate of drug-likeness (QED) is 0.142. The molecule has 0 fully saturated rings. The minimum absolute atomic E-state index is 0.0249. The van der Waals surface area contributed by atoms with E-state index in [2.05, 4.69) is 17.2 Å². The summed E-state index contributed by atoms with van der Waals surface area (Å²) in [5.41, 5.74) is 2.30. The van der Waals surface area contributed by atoms with Crippen molar-refractivity contribution in [2.75, 3.05) is 26.4 Å². The highest BCUT2D eigenvalue weighted by Crippen LogP contribution is 2.09. The van der Waals surface area contributed by atoms with E-state index in [1.165, 1.54) is 24.5 Å². The monoisotopic (exact) mass is 446 g/mol. The van der Waals surface area contributed by atoms with Crippen LogP contribution >= 0.6 is 0 Å². The second-order valence-electron chi connectivity index (χ2n) is 6.65. The maximum absolute atomic E-state index is 12.3. The largest absolute Gasteiger partial charge is 0.450 e. The molecule has 5 N–H and O–H groups in total. The molecule has 0 aliphatic rings. The van der Waals surface area contributed by atoms with Gasteiger partial charge in [0.15, 0.2) is 5.76 Å². The molecule has 1 heterocycles. The van der Waals surface area contributed by atoms with Crippen molar-refractivity contribution >= 4 is 11.8 Å². The Morgan fingerprint density at radius 3 is 2.44 bits per heavy atom. The number of ether oxygens (including phenoxy) is 2. The van der Waals surface area contributed by atoms with E-state index >= 15 is 0 Å². The van der Waals surface area contributed by atoms with E-state index in [0.717, 1.165) is 0 Å². The Labute approximate surface area is 185 Å². The Morgan fingerprint density at radius 1 is 1.06 bits per heavy atom. The fourth-order valence-corrected chi connectivity index (χ4v) is 2.52. The molecule has 2 aromatic rings. The molecule has 0 radical (unpaired) electrons. The van der Waals surface area contributed by atoms with Gasteiger partial charge in [0.05, 0.1) is 32.5 Å². The SMILES string of the molecule is C[C@@H](O)[C@H](NC(=O)c1ccc(C#Cc2ccc(COCCOCCO)o2)cc1)C(=O)NO. The number of hydrogen-bond donors (Lipinski definition) is 5. The molecular formula is C22H26N2O8. The predicted molar refractivity (Wildman–Crippen MR) is 112 cm³/mol. The lowest BCUT2D eigenvalue weighted by Gasteiger charge is -2.19. The molecule has 0 aliphatic heterocycles. The lowest BCUT2D eigenvalue weighted by atomic mass is 10.1. The predicted octanol–water partition coefficient (Wildman–Crippen LogP) is 0.190. The number of amides is 2. The van der Waals surface area contributed by atoms with Crippen LogP contribution in [0.4, 0.5) is 0 Å². The molecule has 0 saturated carbocycles. The van der Waals surface area contributed by atoms with Gasteiger partial charge in [-0.05, 0) is 49.2 Å². The molecule has 0 bridgehead atoms. The Bertz CT molecular complexity index is 927. The molecule has 172 valence electrons. The summed E-state index contributed by atoms with van der Waals surface area (Å²) in [6.07, 6.45) is -1.19. The van der Waals surface area contributed by atoms with Gasteiger partial charge in [0.2, 0.25) is 0 Å². The molecule has 10 heteroatoms. The number of furan rings is 1. The molecule has 1 aromatic carbocycles. The van der Waals surface area contributed by atoms with Gasteiger partial charge in [-0.25, -0.2) is 5.48 Å². The van der Waals surface area contributed by atoms with Gasteiger partial charge in [0.1, 0.15) is 18.4 Å². The van der Waals surface area contributed by atoms with Gasteiger partial charge in [0.25, 0.3) is 11.8 Å². The average Bonchev–Trinajstić information content (AvgIpc) is 3.25. The molecule has 10 nitrogen and oxygen atoms in total. The van der Waals surface area contributed by atoms with Crippen LogP contribution in [0.25, 0.3) is 0 Å². The zero-order valence-corrected chi connectivity index (χ0v) is 17.5. The van der Waals surface area contributed by atoms with Gasteiger partial charge in [-0.15, -0.1) is 0 Å². The molecular weight excluding hydrogens is 420 g/mol. The number of aliphatic hydroxyl groups is 2. The van der Waals surface area contributed by atoms with Crippen LogP contribution in [0, 0.1) is 11.8 Å². The Balaban J connectivity index is 1.89. The van der Waals surface area contributed by atoms with Crippen molar-refractivity contribution in [1.29, 1.82) is 0 Å². The van der Waals surface area contributed by atoms with Crippen LogP contribution in [0.3, 0.4) is 0 Å². The molecule has 2 amide bonds. The molecule has 2 atom stereocenters. The zero-order chi connectivity index (χ0) is 23.3. The van der Waals surface area contributed by atoms with Crippen LogP contribution in [-0.2, 0) is 20.9 Å². The first-order chi connectivity index (χ1) is 15.4. The van der Waals surface area contributed by atoms with E-state index in [1.807, 2.05) is 0 Å².